The summed E-state index contributed by atoms with van der Waals surface area (Å²) in [5.74, 6) is 1.69. The van der Waals surface area contributed by atoms with E-state index in [1.165, 1.54) is 11.8 Å². The van der Waals surface area contributed by atoms with Crippen LogP contribution in [0, 0.1) is 0 Å². The Morgan fingerprint density at radius 1 is 1.52 bits per heavy atom. The SMILES string of the molecule is CCCn1c(CN)nnc1SCC(=O)NCc1ccco1. The van der Waals surface area contributed by atoms with Gasteiger partial charge in [0.15, 0.2) is 5.16 Å². The summed E-state index contributed by atoms with van der Waals surface area (Å²) in [6, 6.07) is 3.61. The van der Waals surface area contributed by atoms with Crippen molar-refractivity contribution in [3.63, 3.8) is 0 Å². The van der Waals surface area contributed by atoms with Gasteiger partial charge in [0.25, 0.3) is 0 Å². The summed E-state index contributed by atoms with van der Waals surface area (Å²) < 4.78 is 7.12. The van der Waals surface area contributed by atoms with Crippen molar-refractivity contribution in [1.29, 1.82) is 0 Å². The van der Waals surface area contributed by atoms with Gasteiger partial charge < -0.3 is 20.0 Å². The fourth-order valence-electron chi connectivity index (χ4n) is 1.80. The Bertz CT molecular complexity index is 567. The van der Waals surface area contributed by atoms with Gasteiger partial charge in [-0.2, -0.15) is 0 Å². The quantitative estimate of drug-likeness (QED) is 0.710. The van der Waals surface area contributed by atoms with Crippen LogP contribution in [0.5, 0.6) is 0 Å². The van der Waals surface area contributed by atoms with Crippen molar-refractivity contribution < 1.29 is 9.21 Å². The molecule has 2 aromatic heterocycles. The van der Waals surface area contributed by atoms with Crippen LogP contribution in [0.3, 0.4) is 0 Å². The van der Waals surface area contributed by atoms with Gasteiger partial charge in [0.05, 0.1) is 25.1 Å². The van der Waals surface area contributed by atoms with Crippen molar-refractivity contribution >= 4 is 17.7 Å². The van der Waals surface area contributed by atoms with E-state index in [4.69, 9.17) is 10.2 Å². The number of carbonyl (C=O) groups is 1. The van der Waals surface area contributed by atoms with E-state index in [-0.39, 0.29) is 11.7 Å². The van der Waals surface area contributed by atoms with Crippen LogP contribution in [0.25, 0.3) is 0 Å². The number of rotatable bonds is 8. The largest absolute Gasteiger partial charge is 0.467 e. The lowest BCUT2D eigenvalue weighted by Gasteiger charge is -2.07. The fourth-order valence-corrected chi connectivity index (χ4v) is 2.62. The van der Waals surface area contributed by atoms with Gasteiger partial charge in [-0.25, -0.2) is 0 Å². The van der Waals surface area contributed by atoms with E-state index < -0.39 is 0 Å². The molecular weight excluding hydrogens is 290 g/mol. The van der Waals surface area contributed by atoms with Gasteiger partial charge in [0, 0.05) is 6.54 Å². The van der Waals surface area contributed by atoms with Gasteiger partial charge in [-0.3, -0.25) is 4.79 Å². The minimum Gasteiger partial charge on any atom is -0.467 e. The molecule has 0 bridgehead atoms. The first kappa shape index (κ1) is 15.6. The van der Waals surface area contributed by atoms with Gasteiger partial charge in [-0.05, 0) is 18.6 Å². The molecular formula is C13H19N5O2S. The molecule has 21 heavy (non-hydrogen) atoms. The Labute approximate surface area is 127 Å². The third kappa shape index (κ3) is 4.33. The number of hydrogen-bond acceptors (Lipinski definition) is 6. The van der Waals surface area contributed by atoms with Crippen LogP contribution in [0.1, 0.15) is 24.9 Å². The van der Waals surface area contributed by atoms with E-state index in [9.17, 15) is 4.79 Å². The number of amides is 1. The van der Waals surface area contributed by atoms with Gasteiger partial charge in [-0.1, -0.05) is 18.7 Å². The summed E-state index contributed by atoms with van der Waals surface area (Å²) in [6.45, 7) is 3.61. The van der Waals surface area contributed by atoms with Crippen LogP contribution in [0.4, 0.5) is 0 Å². The summed E-state index contributed by atoms with van der Waals surface area (Å²) in [5, 5.41) is 11.6. The van der Waals surface area contributed by atoms with E-state index in [2.05, 4.69) is 22.4 Å². The number of thioether (sulfide) groups is 1. The summed E-state index contributed by atoms with van der Waals surface area (Å²) in [6.07, 6.45) is 2.54. The normalized spacial score (nSPS) is 10.8. The molecule has 0 fully saturated rings. The molecule has 0 aromatic carbocycles. The molecule has 2 aromatic rings. The molecule has 0 aliphatic carbocycles. The predicted octanol–water partition coefficient (Wildman–Crippen LogP) is 1.15. The molecule has 7 nitrogen and oxygen atoms in total. The fraction of sp³-hybridized carbons (Fsp3) is 0.462. The molecule has 0 radical (unpaired) electrons. The number of nitrogens with zero attached hydrogens (tertiary/aromatic N) is 3. The standard InChI is InChI=1S/C13H19N5O2S/c1-2-5-18-11(7-14)16-17-13(18)21-9-12(19)15-8-10-4-3-6-20-10/h3-4,6H,2,5,7-9,14H2,1H3,(H,15,19). The molecule has 0 saturated heterocycles. The van der Waals surface area contributed by atoms with Gasteiger partial charge in [0.2, 0.25) is 5.91 Å². The first-order chi connectivity index (χ1) is 10.2. The van der Waals surface area contributed by atoms with Crippen molar-refractivity contribution in [3.05, 3.63) is 30.0 Å². The molecule has 0 spiro atoms. The molecule has 0 atom stereocenters. The number of hydrogen-bond donors (Lipinski definition) is 2. The molecule has 0 unspecified atom stereocenters. The molecule has 0 saturated carbocycles. The van der Waals surface area contributed by atoms with Crippen LogP contribution < -0.4 is 11.1 Å². The van der Waals surface area contributed by atoms with Gasteiger partial charge in [-0.15, -0.1) is 10.2 Å². The molecule has 0 aliphatic rings. The smallest absolute Gasteiger partial charge is 0.230 e. The summed E-state index contributed by atoms with van der Waals surface area (Å²) in [4.78, 5) is 11.8. The van der Waals surface area contributed by atoms with Crippen molar-refractivity contribution in [3.8, 4) is 0 Å². The van der Waals surface area contributed by atoms with Crippen LogP contribution in [0.2, 0.25) is 0 Å². The topological polar surface area (TPSA) is 99.0 Å². The van der Waals surface area contributed by atoms with Crippen molar-refractivity contribution in [1.82, 2.24) is 20.1 Å². The average molecular weight is 309 g/mol. The molecule has 8 heteroatoms. The molecule has 2 heterocycles. The van der Waals surface area contributed by atoms with Gasteiger partial charge >= 0.3 is 0 Å². The maximum atomic E-state index is 11.8. The summed E-state index contributed by atoms with van der Waals surface area (Å²) in [7, 11) is 0. The lowest BCUT2D eigenvalue weighted by molar-refractivity contribution is -0.118. The first-order valence-electron chi connectivity index (χ1n) is 6.78. The predicted molar refractivity (Wildman–Crippen MR) is 79.5 cm³/mol. The van der Waals surface area contributed by atoms with Crippen LogP contribution in [-0.2, 0) is 24.4 Å². The summed E-state index contributed by atoms with van der Waals surface area (Å²) in [5.41, 5.74) is 5.63. The average Bonchev–Trinajstić information content (AvgIpc) is 3.13. The van der Waals surface area contributed by atoms with E-state index in [0.29, 0.717) is 13.1 Å². The molecule has 2 rings (SSSR count). The first-order valence-corrected chi connectivity index (χ1v) is 7.77. The monoisotopic (exact) mass is 309 g/mol. The van der Waals surface area contributed by atoms with Crippen molar-refractivity contribution in [2.45, 2.75) is 38.1 Å². The number of nitrogens with one attached hydrogen (secondary N) is 1. The van der Waals surface area contributed by atoms with E-state index in [1.807, 2.05) is 10.6 Å². The van der Waals surface area contributed by atoms with E-state index >= 15 is 0 Å². The third-order valence-corrected chi connectivity index (χ3v) is 3.76. The van der Waals surface area contributed by atoms with Crippen LogP contribution in [0.15, 0.2) is 28.0 Å². The second-order valence-electron chi connectivity index (χ2n) is 4.40. The highest BCUT2D eigenvalue weighted by Gasteiger charge is 2.12. The lowest BCUT2D eigenvalue weighted by atomic mass is 10.4. The molecule has 3 N–H and O–H groups in total. The number of nitrogens with two attached hydrogens (primary N) is 1. The lowest BCUT2D eigenvalue weighted by Crippen LogP contribution is -2.24. The minimum absolute atomic E-state index is 0.0725. The Morgan fingerprint density at radius 2 is 2.38 bits per heavy atom. The second-order valence-corrected chi connectivity index (χ2v) is 5.34. The number of aromatic nitrogens is 3. The Morgan fingerprint density at radius 3 is 3.05 bits per heavy atom. The Kier molecular flexibility index (Phi) is 5.82. The molecule has 0 aliphatic heterocycles. The highest BCUT2D eigenvalue weighted by Crippen LogP contribution is 2.17. The van der Waals surface area contributed by atoms with Crippen molar-refractivity contribution in [2.24, 2.45) is 5.73 Å². The zero-order valence-electron chi connectivity index (χ0n) is 11.9. The van der Waals surface area contributed by atoms with E-state index in [1.54, 1.807) is 12.3 Å². The number of furan rings is 1. The van der Waals surface area contributed by atoms with Crippen molar-refractivity contribution in [2.75, 3.05) is 5.75 Å². The highest BCUT2D eigenvalue weighted by molar-refractivity contribution is 7.99. The number of carbonyl (C=O) groups excluding carboxylic acids is 1. The molecule has 1 amide bonds. The Hall–Kier alpha value is -1.80. The third-order valence-electron chi connectivity index (χ3n) is 2.80. The zero-order valence-corrected chi connectivity index (χ0v) is 12.7. The maximum absolute atomic E-state index is 11.8. The van der Waals surface area contributed by atoms with Crippen LogP contribution >= 0.6 is 11.8 Å². The highest BCUT2D eigenvalue weighted by atomic mass is 32.2. The minimum atomic E-state index is -0.0725. The zero-order chi connectivity index (χ0) is 15.1. The van der Waals surface area contributed by atoms with Crippen LogP contribution in [-0.4, -0.2) is 26.4 Å². The van der Waals surface area contributed by atoms with Gasteiger partial charge in [0.1, 0.15) is 11.6 Å². The second kappa shape index (κ2) is 7.84. The molecule has 114 valence electrons. The maximum Gasteiger partial charge on any atom is 0.230 e. The van der Waals surface area contributed by atoms with E-state index in [0.717, 1.165) is 29.7 Å². The summed E-state index contributed by atoms with van der Waals surface area (Å²) >= 11 is 1.36. The Balaban J connectivity index is 1.84.